The normalized spacial score (nSPS) is 13.3. The van der Waals surface area contributed by atoms with E-state index in [1.54, 1.807) is 0 Å². The molecule has 0 saturated carbocycles. The number of hydrogen-bond donors (Lipinski definition) is 1. The maximum atomic E-state index is 5.43. The van der Waals surface area contributed by atoms with Crippen molar-refractivity contribution in [2.45, 2.75) is 46.3 Å². The lowest BCUT2D eigenvalue weighted by Crippen LogP contribution is -2.32. The molecule has 0 amide bonds. The minimum atomic E-state index is 0.595. The number of aromatic nitrogens is 1. The second-order valence-electron chi connectivity index (χ2n) is 5.74. The summed E-state index contributed by atoms with van der Waals surface area (Å²) in [5.41, 5.74) is 0.993. The summed E-state index contributed by atoms with van der Waals surface area (Å²) in [5, 5.41) is 7.51. The highest BCUT2D eigenvalue weighted by Crippen LogP contribution is 2.13. The maximum absolute atomic E-state index is 5.43. The second-order valence-corrected chi connectivity index (χ2v) is 6.65. The van der Waals surface area contributed by atoms with E-state index in [0.717, 1.165) is 43.3 Å². The molecule has 0 fully saturated rings. The third-order valence-electron chi connectivity index (χ3n) is 3.33. The van der Waals surface area contributed by atoms with Gasteiger partial charge in [-0.2, -0.15) is 11.8 Å². The molecule has 20 heavy (non-hydrogen) atoms. The first kappa shape index (κ1) is 17.5. The number of hydrogen-bond acceptors (Lipinski definition) is 5. The zero-order valence-electron chi connectivity index (χ0n) is 13.5. The van der Waals surface area contributed by atoms with Gasteiger partial charge in [0.05, 0.1) is 12.2 Å². The van der Waals surface area contributed by atoms with Crippen LogP contribution in [-0.4, -0.2) is 41.7 Å². The van der Waals surface area contributed by atoms with E-state index < -0.39 is 0 Å². The molecule has 0 radical (unpaired) electrons. The van der Waals surface area contributed by atoms with E-state index in [9.17, 15) is 0 Å². The molecule has 1 atom stereocenters. The first-order valence-electron chi connectivity index (χ1n) is 7.41. The Hall–Kier alpha value is -0.520. The molecule has 1 aromatic rings. The average Bonchev–Trinajstić information content (AvgIpc) is 2.83. The summed E-state index contributed by atoms with van der Waals surface area (Å²) < 4.78 is 5.43. The van der Waals surface area contributed by atoms with Crippen LogP contribution in [0.5, 0.6) is 0 Å². The van der Waals surface area contributed by atoms with E-state index >= 15 is 0 Å². The van der Waals surface area contributed by atoms with Crippen LogP contribution in [0.4, 0.5) is 0 Å². The van der Waals surface area contributed by atoms with Gasteiger partial charge >= 0.3 is 0 Å². The van der Waals surface area contributed by atoms with Gasteiger partial charge in [-0.1, -0.05) is 25.9 Å². The third-order valence-corrected chi connectivity index (χ3v) is 4.04. The molecule has 1 heterocycles. The molecule has 1 unspecified atom stereocenters. The van der Waals surface area contributed by atoms with Crippen molar-refractivity contribution in [3.8, 4) is 0 Å². The SMILES string of the molecule is CCC(CSC)N(C)Cc1cc(CNCC(C)C)no1. The molecule has 5 heteroatoms. The maximum Gasteiger partial charge on any atom is 0.151 e. The predicted molar refractivity (Wildman–Crippen MR) is 87.0 cm³/mol. The van der Waals surface area contributed by atoms with E-state index in [0.29, 0.717) is 12.0 Å². The fourth-order valence-corrected chi connectivity index (χ4v) is 3.00. The molecule has 116 valence electrons. The summed E-state index contributed by atoms with van der Waals surface area (Å²) >= 11 is 1.89. The van der Waals surface area contributed by atoms with Gasteiger partial charge < -0.3 is 9.84 Å². The lowest BCUT2D eigenvalue weighted by atomic mass is 10.2. The number of nitrogens with one attached hydrogen (secondary N) is 1. The minimum absolute atomic E-state index is 0.595. The van der Waals surface area contributed by atoms with E-state index in [1.807, 2.05) is 11.8 Å². The highest BCUT2D eigenvalue weighted by Gasteiger charge is 2.14. The molecule has 0 spiro atoms. The first-order valence-corrected chi connectivity index (χ1v) is 8.80. The smallest absolute Gasteiger partial charge is 0.151 e. The molecule has 1 N–H and O–H groups in total. The summed E-state index contributed by atoms with van der Waals surface area (Å²) in [7, 11) is 2.16. The Morgan fingerprint density at radius 3 is 2.80 bits per heavy atom. The van der Waals surface area contributed by atoms with Gasteiger partial charge in [-0.3, -0.25) is 4.90 Å². The average molecular weight is 299 g/mol. The number of nitrogens with zero attached hydrogens (tertiary/aromatic N) is 2. The van der Waals surface area contributed by atoms with Crippen LogP contribution in [0.1, 0.15) is 38.6 Å². The molecule has 4 nitrogen and oxygen atoms in total. The highest BCUT2D eigenvalue weighted by atomic mass is 32.2. The van der Waals surface area contributed by atoms with Crippen LogP contribution in [-0.2, 0) is 13.1 Å². The predicted octanol–water partition coefficient (Wildman–Crippen LogP) is 2.99. The van der Waals surface area contributed by atoms with Gasteiger partial charge in [-0.05, 0) is 32.2 Å². The van der Waals surface area contributed by atoms with Gasteiger partial charge in [0, 0.05) is 24.4 Å². The Kier molecular flexibility index (Phi) is 8.26. The van der Waals surface area contributed by atoms with Crippen molar-refractivity contribution in [2.75, 3.05) is 25.6 Å². The van der Waals surface area contributed by atoms with E-state index in [4.69, 9.17) is 4.52 Å². The summed E-state index contributed by atoms with van der Waals surface area (Å²) in [6.07, 6.45) is 3.32. The number of thioether (sulfide) groups is 1. The molecule has 0 saturated heterocycles. The lowest BCUT2D eigenvalue weighted by molar-refractivity contribution is 0.217. The van der Waals surface area contributed by atoms with Gasteiger partial charge in [-0.25, -0.2) is 0 Å². The topological polar surface area (TPSA) is 41.3 Å². The summed E-state index contributed by atoms with van der Waals surface area (Å²) in [6, 6.07) is 2.66. The lowest BCUT2D eigenvalue weighted by Gasteiger charge is -2.25. The fourth-order valence-electron chi connectivity index (χ4n) is 2.13. The molecular weight excluding hydrogens is 270 g/mol. The van der Waals surface area contributed by atoms with Crippen molar-refractivity contribution in [1.82, 2.24) is 15.4 Å². The first-order chi connectivity index (χ1) is 9.56. The Morgan fingerprint density at radius 2 is 2.20 bits per heavy atom. The van der Waals surface area contributed by atoms with Gasteiger partial charge in [0.1, 0.15) is 0 Å². The van der Waals surface area contributed by atoms with Gasteiger partial charge in [0.2, 0.25) is 0 Å². The molecule has 0 bridgehead atoms. The Bertz CT molecular complexity index is 368. The van der Waals surface area contributed by atoms with Gasteiger partial charge in [0.25, 0.3) is 0 Å². The van der Waals surface area contributed by atoms with Crippen LogP contribution < -0.4 is 5.32 Å². The Balaban J connectivity index is 2.42. The molecule has 0 aliphatic rings. The minimum Gasteiger partial charge on any atom is -0.360 e. The molecule has 1 aromatic heterocycles. The Labute approximate surface area is 127 Å². The third kappa shape index (κ3) is 6.29. The van der Waals surface area contributed by atoms with Crippen LogP contribution in [0.3, 0.4) is 0 Å². The summed E-state index contributed by atoms with van der Waals surface area (Å²) in [4.78, 5) is 2.35. The standard InChI is InChI=1S/C15H29N3OS/c1-6-14(11-20-5)18(4)10-15-7-13(17-19-15)9-16-8-12(2)3/h7,12,14,16H,6,8-11H2,1-5H3. The molecule has 0 aliphatic carbocycles. The second kappa shape index (κ2) is 9.42. The van der Waals surface area contributed by atoms with E-state index in [1.165, 1.54) is 0 Å². The van der Waals surface area contributed by atoms with Gasteiger partial charge in [-0.15, -0.1) is 0 Å². The van der Waals surface area contributed by atoms with E-state index in [-0.39, 0.29) is 0 Å². The van der Waals surface area contributed by atoms with Crippen molar-refractivity contribution < 1.29 is 4.52 Å². The highest BCUT2D eigenvalue weighted by molar-refractivity contribution is 7.98. The van der Waals surface area contributed by atoms with Crippen LogP contribution >= 0.6 is 11.8 Å². The van der Waals surface area contributed by atoms with Gasteiger partial charge in [0.15, 0.2) is 5.76 Å². The van der Waals surface area contributed by atoms with Crippen molar-refractivity contribution >= 4 is 11.8 Å². The summed E-state index contributed by atoms with van der Waals surface area (Å²) in [6.45, 7) is 9.26. The van der Waals surface area contributed by atoms with E-state index in [2.05, 4.69) is 55.5 Å². The summed E-state index contributed by atoms with van der Waals surface area (Å²) in [5.74, 6) is 2.77. The number of rotatable bonds is 10. The molecule has 1 rings (SSSR count). The Morgan fingerprint density at radius 1 is 1.45 bits per heavy atom. The van der Waals surface area contributed by atoms with Crippen LogP contribution in [0.2, 0.25) is 0 Å². The largest absolute Gasteiger partial charge is 0.360 e. The van der Waals surface area contributed by atoms with Crippen molar-refractivity contribution in [1.29, 1.82) is 0 Å². The van der Waals surface area contributed by atoms with Crippen LogP contribution in [0.15, 0.2) is 10.6 Å². The zero-order chi connectivity index (χ0) is 15.0. The molecule has 0 aliphatic heterocycles. The zero-order valence-corrected chi connectivity index (χ0v) is 14.3. The van der Waals surface area contributed by atoms with Crippen LogP contribution in [0, 0.1) is 5.92 Å². The quantitative estimate of drug-likeness (QED) is 0.719. The fraction of sp³-hybridized carbons (Fsp3) is 0.800. The molecular formula is C15H29N3OS. The van der Waals surface area contributed by atoms with Crippen LogP contribution in [0.25, 0.3) is 0 Å². The molecule has 0 aromatic carbocycles. The van der Waals surface area contributed by atoms with Crippen molar-refractivity contribution in [3.63, 3.8) is 0 Å². The van der Waals surface area contributed by atoms with Crippen molar-refractivity contribution in [3.05, 3.63) is 17.5 Å². The monoisotopic (exact) mass is 299 g/mol. The van der Waals surface area contributed by atoms with Crippen molar-refractivity contribution in [2.24, 2.45) is 5.92 Å².